The van der Waals surface area contributed by atoms with Gasteiger partial charge in [0, 0.05) is 60.7 Å². The molecule has 0 amide bonds. The molecule has 11 rings (SSSR count). The van der Waals surface area contributed by atoms with Crippen LogP contribution in [0.2, 0.25) is 0 Å². The van der Waals surface area contributed by atoms with E-state index in [0.717, 1.165) is 71.6 Å². The maximum atomic E-state index is 5.38. The number of hydrogen-bond donors (Lipinski definition) is 0. The largest absolute Gasteiger partial charge is 0.309 e. The first-order valence-corrected chi connectivity index (χ1v) is 18.1. The predicted molar refractivity (Wildman–Crippen MR) is 227 cm³/mol. The summed E-state index contributed by atoms with van der Waals surface area (Å²) in [5.41, 5.74) is 9.89. The molecule has 0 radical (unpaired) electrons. The van der Waals surface area contributed by atoms with Crippen LogP contribution in [-0.4, -0.2) is 24.1 Å². The number of hydrogen-bond acceptors (Lipinski definition) is 3. The molecule has 0 N–H and O–H groups in total. The van der Waals surface area contributed by atoms with Crippen LogP contribution < -0.4 is 0 Å². The van der Waals surface area contributed by atoms with Gasteiger partial charge in [-0.1, -0.05) is 135 Å². The Hall–Kier alpha value is -7.37. The first kappa shape index (κ1) is 30.3. The van der Waals surface area contributed by atoms with Crippen LogP contribution >= 0.6 is 0 Å². The lowest BCUT2D eigenvalue weighted by atomic mass is 9.87. The summed E-state index contributed by atoms with van der Waals surface area (Å²) < 4.78 is 4.64. The third-order valence-electron chi connectivity index (χ3n) is 10.9. The Bertz CT molecular complexity index is 3350. The first-order valence-electron chi connectivity index (χ1n) is 18.1. The van der Waals surface area contributed by atoms with E-state index in [9.17, 15) is 0 Å². The van der Waals surface area contributed by atoms with E-state index in [2.05, 4.69) is 138 Å². The highest BCUT2D eigenvalue weighted by molar-refractivity contribution is 6.41. The monoisotopic (exact) mass is 689 g/mol. The average Bonchev–Trinajstić information content (AvgIpc) is 3.77. The van der Waals surface area contributed by atoms with Crippen molar-refractivity contribution in [2.24, 2.45) is 0 Å². The molecule has 0 saturated heterocycles. The molecule has 4 aromatic heterocycles. The maximum Gasteiger partial charge on any atom is 0.237 e. The summed E-state index contributed by atoms with van der Waals surface area (Å²) in [5, 5.41) is 10.2. The summed E-state index contributed by atoms with van der Waals surface area (Å²) in [6.45, 7) is 8.88. The molecule has 252 valence electrons. The molecule has 4 heterocycles. The molecular formula is C49H31N5. The highest BCUT2D eigenvalue weighted by Crippen LogP contribution is 2.50. The summed E-state index contributed by atoms with van der Waals surface area (Å²) in [7, 11) is 0. The van der Waals surface area contributed by atoms with Gasteiger partial charge in [-0.25, -0.2) is 9.97 Å². The summed E-state index contributed by atoms with van der Waals surface area (Å²) in [5.74, 6) is 0.549. The van der Waals surface area contributed by atoms with E-state index >= 15 is 0 Å². The summed E-state index contributed by atoms with van der Waals surface area (Å²) in [6, 6.07) is 51.1. The Morgan fingerprint density at radius 1 is 0.444 bits per heavy atom. The standard InChI is InChI=1S/C49H31N5/c1-3-32-33(4-2)46-42(37-25-14-16-28-40(37)54(46)49-51-45(30-18-7-5-8-19-30)38-26-17-29-50-48(38)52-49)44-41(32)34-22-11-12-23-35(34)47-43(44)36-24-13-15-27-39(36)53(47)31-20-9-6-10-21-31/h3-29H,1-2H2. The van der Waals surface area contributed by atoms with Crippen molar-refractivity contribution in [3.05, 3.63) is 176 Å². The minimum absolute atomic E-state index is 0.549. The zero-order valence-electron chi connectivity index (χ0n) is 29.2. The van der Waals surface area contributed by atoms with Gasteiger partial charge in [0.05, 0.1) is 27.8 Å². The number of pyridine rings is 1. The number of para-hydroxylation sites is 3. The lowest BCUT2D eigenvalue weighted by molar-refractivity contribution is 1.00. The van der Waals surface area contributed by atoms with E-state index in [-0.39, 0.29) is 0 Å². The molecule has 7 aromatic carbocycles. The van der Waals surface area contributed by atoms with E-state index in [1.54, 1.807) is 6.20 Å². The summed E-state index contributed by atoms with van der Waals surface area (Å²) >= 11 is 0. The Morgan fingerprint density at radius 3 is 1.72 bits per heavy atom. The van der Waals surface area contributed by atoms with Crippen LogP contribution in [0.15, 0.2) is 165 Å². The molecule has 0 fully saturated rings. The SMILES string of the molecule is C=Cc1c(C=C)c2c(c3ccccc3n2-c2nc(-c3ccccc3)c3cccnc3n2)c2c1c1ccccc1c1c2c2ccccc2n1-c1ccccc1. The van der Waals surface area contributed by atoms with E-state index in [0.29, 0.717) is 11.6 Å². The van der Waals surface area contributed by atoms with Gasteiger partial charge in [0.1, 0.15) is 0 Å². The zero-order valence-corrected chi connectivity index (χ0v) is 29.2. The first-order chi connectivity index (χ1) is 26.8. The highest BCUT2D eigenvalue weighted by atomic mass is 15.2. The molecule has 0 aliphatic rings. The average molecular weight is 690 g/mol. The van der Waals surface area contributed by atoms with Gasteiger partial charge in [-0.15, -0.1) is 0 Å². The highest BCUT2D eigenvalue weighted by Gasteiger charge is 2.27. The fraction of sp³-hybridized carbons (Fsp3) is 0. The van der Waals surface area contributed by atoms with Crippen molar-refractivity contribution in [3.8, 4) is 22.9 Å². The number of benzene rings is 7. The molecular weight excluding hydrogens is 659 g/mol. The van der Waals surface area contributed by atoms with Gasteiger partial charge in [0.15, 0.2) is 5.65 Å². The summed E-state index contributed by atoms with van der Waals surface area (Å²) in [6.07, 6.45) is 5.76. The van der Waals surface area contributed by atoms with Gasteiger partial charge in [-0.05, 0) is 52.7 Å². The van der Waals surface area contributed by atoms with Crippen LogP contribution in [0.25, 0.3) is 111 Å². The second kappa shape index (κ2) is 11.6. The number of rotatable bonds is 5. The lowest BCUT2D eigenvalue weighted by Gasteiger charge is -2.18. The normalized spacial score (nSPS) is 11.9. The van der Waals surface area contributed by atoms with E-state index in [4.69, 9.17) is 15.0 Å². The van der Waals surface area contributed by atoms with E-state index in [1.165, 1.54) is 27.1 Å². The predicted octanol–water partition coefficient (Wildman–Crippen LogP) is 12.5. The third kappa shape index (κ3) is 4.06. The van der Waals surface area contributed by atoms with E-state index < -0.39 is 0 Å². The molecule has 0 aliphatic carbocycles. The van der Waals surface area contributed by atoms with E-state index in [1.807, 2.05) is 42.5 Å². The summed E-state index contributed by atoms with van der Waals surface area (Å²) in [4.78, 5) is 15.3. The van der Waals surface area contributed by atoms with Crippen LogP contribution in [0.4, 0.5) is 0 Å². The van der Waals surface area contributed by atoms with Gasteiger partial charge in [0.25, 0.3) is 0 Å². The van der Waals surface area contributed by atoms with Gasteiger partial charge in [0.2, 0.25) is 5.95 Å². The van der Waals surface area contributed by atoms with Crippen LogP contribution in [0.5, 0.6) is 0 Å². The van der Waals surface area contributed by atoms with Crippen LogP contribution in [-0.2, 0) is 0 Å². The Balaban J connectivity index is 1.44. The van der Waals surface area contributed by atoms with Crippen LogP contribution in [0.1, 0.15) is 11.1 Å². The lowest BCUT2D eigenvalue weighted by Crippen LogP contribution is -2.05. The van der Waals surface area contributed by atoms with Crippen LogP contribution in [0, 0.1) is 0 Å². The molecule has 0 unspecified atom stereocenters. The molecule has 54 heavy (non-hydrogen) atoms. The van der Waals surface area contributed by atoms with Crippen molar-refractivity contribution in [2.75, 3.05) is 0 Å². The molecule has 0 saturated carbocycles. The Kier molecular flexibility index (Phi) is 6.49. The molecule has 0 atom stereocenters. The molecule has 0 aliphatic heterocycles. The second-order valence-corrected chi connectivity index (χ2v) is 13.6. The van der Waals surface area contributed by atoms with Crippen molar-refractivity contribution in [1.29, 1.82) is 0 Å². The van der Waals surface area contributed by atoms with Crippen molar-refractivity contribution < 1.29 is 0 Å². The smallest absolute Gasteiger partial charge is 0.237 e. The second-order valence-electron chi connectivity index (χ2n) is 13.6. The number of nitrogens with zero attached hydrogens (tertiary/aromatic N) is 5. The van der Waals surface area contributed by atoms with Gasteiger partial charge in [-0.2, -0.15) is 4.98 Å². The minimum atomic E-state index is 0.549. The van der Waals surface area contributed by atoms with Crippen molar-refractivity contribution >= 4 is 88.3 Å². The van der Waals surface area contributed by atoms with Crippen molar-refractivity contribution in [3.63, 3.8) is 0 Å². The minimum Gasteiger partial charge on any atom is -0.309 e. The quantitative estimate of drug-likeness (QED) is 0.169. The fourth-order valence-electron chi connectivity index (χ4n) is 8.79. The van der Waals surface area contributed by atoms with Crippen LogP contribution in [0.3, 0.4) is 0 Å². The zero-order chi connectivity index (χ0) is 35.9. The molecule has 0 spiro atoms. The molecule has 5 nitrogen and oxygen atoms in total. The number of aromatic nitrogens is 5. The fourth-order valence-corrected chi connectivity index (χ4v) is 8.79. The van der Waals surface area contributed by atoms with Gasteiger partial charge in [-0.3, -0.25) is 4.57 Å². The van der Waals surface area contributed by atoms with Gasteiger partial charge < -0.3 is 4.57 Å². The Labute approximate surface area is 310 Å². The molecule has 11 aromatic rings. The topological polar surface area (TPSA) is 48.5 Å². The van der Waals surface area contributed by atoms with Crippen molar-refractivity contribution in [2.45, 2.75) is 0 Å². The molecule has 0 bridgehead atoms. The third-order valence-corrected chi connectivity index (χ3v) is 10.9. The molecule has 5 heteroatoms. The number of fused-ring (bicyclic) bond motifs is 13. The van der Waals surface area contributed by atoms with Gasteiger partial charge >= 0.3 is 0 Å². The van der Waals surface area contributed by atoms with Crippen molar-refractivity contribution in [1.82, 2.24) is 24.1 Å². The Morgan fingerprint density at radius 2 is 1.02 bits per heavy atom. The maximum absolute atomic E-state index is 5.38.